The average molecular weight is 474 g/mol. The molecule has 8 nitrogen and oxygen atoms in total. The van der Waals surface area contributed by atoms with Crippen LogP contribution in [0.5, 0.6) is 34.5 Å². The van der Waals surface area contributed by atoms with Gasteiger partial charge in [0.25, 0.3) is 0 Å². The molecule has 0 amide bonds. The number of hydrogen-bond donors (Lipinski definition) is 1. The van der Waals surface area contributed by atoms with Gasteiger partial charge in [0.1, 0.15) is 17.2 Å². The van der Waals surface area contributed by atoms with Gasteiger partial charge in [-0.1, -0.05) is 12.1 Å². The molecule has 2 aliphatic rings. The van der Waals surface area contributed by atoms with Crippen molar-refractivity contribution in [3.63, 3.8) is 0 Å². The number of fused-ring (bicyclic) bond motifs is 3. The third-order valence-electron chi connectivity index (χ3n) is 6.07. The van der Waals surface area contributed by atoms with Crippen LogP contribution < -0.4 is 23.7 Å². The second-order valence-corrected chi connectivity index (χ2v) is 8.04. The topological polar surface area (TPSA) is 101 Å². The highest BCUT2D eigenvalue weighted by Crippen LogP contribution is 2.49. The summed E-state index contributed by atoms with van der Waals surface area (Å²) in [7, 11) is 4.52. The molecule has 0 saturated heterocycles. The van der Waals surface area contributed by atoms with Crippen LogP contribution in [0.3, 0.4) is 0 Å². The highest BCUT2D eigenvalue weighted by molar-refractivity contribution is 6.15. The number of Topliss-reactive ketones (excluding diaryl/α,β-unsaturated/α-hetero) is 1. The Morgan fingerprint density at radius 3 is 2.46 bits per heavy atom. The van der Waals surface area contributed by atoms with E-state index in [0.29, 0.717) is 51.0 Å². The van der Waals surface area contributed by atoms with Crippen molar-refractivity contribution in [3.05, 3.63) is 76.5 Å². The SMILES string of the molecule is COc1ccc(/C=C2\Oc3c(ccc4c3[C@H](c3cccc(O)c3)CC(=O)O4)C2=O)c(OC)c1OC. The van der Waals surface area contributed by atoms with Gasteiger partial charge in [-0.15, -0.1) is 0 Å². The smallest absolute Gasteiger partial charge is 0.312 e. The first-order valence-corrected chi connectivity index (χ1v) is 10.8. The first-order valence-electron chi connectivity index (χ1n) is 10.8. The summed E-state index contributed by atoms with van der Waals surface area (Å²) >= 11 is 0. The maximum absolute atomic E-state index is 13.3. The normalized spacial score (nSPS) is 17.3. The van der Waals surface area contributed by atoms with Crippen LogP contribution in [0.2, 0.25) is 0 Å². The lowest BCUT2D eigenvalue weighted by atomic mass is 9.84. The molecule has 1 atom stereocenters. The largest absolute Gasteiger partial charge is 0.508 e. The van der Waals surface area contributed by atoms with Crippen LogP contribution >= 0.6 is 0 Å². The molecule has 0 fully saturated rings. The molecule has 35 heavy (non-hydrogen) atoms. The van der Waals surface area contributed by atoms with Gasteiger partial charge in [-0.3, -0.25) is 9.59 Å². The van der Waals surface area contributed by atoms with Gasteiger partial charge in [0.05, 0.1) is 33.3 Å². The standard InChI is InChI=1S/C27H22O8/c1-31-20-9-7-15(25(32-2)27(20)33-3)12-21-24(30)17-8-10-19-23(26(17)35-21)18(13-22(29)34-19)14-5-4-6-16(28)11-14/h4-12,18,28H,13H2,1-3H3/b21-12-/t18-/m0/s1. The molecule has 0 radical (unpaired) electrons. The van der Waals surface area contributed by atoms with Crippen LogP contribution in [0, 0.1) is 0 Å². The number of carbonyl (C=O) groups excluding carboxylic acids is 2. The predicted octanol–water partition coefficient (Wildman–Crippen LogP) is 4.48. The van der Waals surface area contributed by atoms with E-state index in [1.165, 1.54) is 21.3 Å². The summed E-state index contributed by atoms with van der Waals surface area (Å²) in [5.41, 5.74) is 2.22. The number of aromatic hydroxyl groups is 1. The van der Waals surface area contributed by atoms with E-state index >= 15 is 0 Å². The molecule has 2 aliphatic heterocycles. The van der Waals surface area contributed by atoms with E-state index in [2.05, 4.69) is 0 Å². The second kappa shape index (κ2) is 8.72. The van der Waals surface area contributed by atoms with Crippen LogP contribution in [-0.2, 0) is 4.79 Å². The molecular weight excluding hydrogens is 452 g/mol. The summed E-state index contributed by atoms with van der Waals surface area (Å²) in [4.78, 5) is 25.6. The number of ketones is 1. The number of carbonyl (C=O) groups is 2. The van der Waals surface area contributed by atoms with Gasteiger partial charge < -0.3 is 28.8 Å². The Balaban J connectivity index is 1.61. The first-order chi connectivity index (χ1) is 16.9. The first kappa shape index (κ1) is 22.3. The lowest BCUT2D eigenvalue weighted by Crippen LogP contribution is -2.21. The van der Waals surface area contributed by atoms with Gasteiger partial charge in [-0.2, -0.15) is 0 Å². The molecule has 1 N–H and O–H groups in total. The Labute approximate surface area is 201 Å². The highest BCUT2D eigenvalue weighted by Gasteiger charge is 2.38. The Hall–Kier alpha value is -4.46. The molecule has 0 unspecified atom stereocenters. The Morgan fingerprint density at radius 2 is 1.74 bits per heavy atom. The van der Waals surface area contributed by atoms with Gasteiger partial charge in [0, 0.05) is 17.0 Å². The number of methoxy groups -OCH3 is 3. The predicted molar refractivity (Wildman–Crippen MR) is 126 cm³/mol. The van der Waals surface area contributed by atoms with E-state index in [-0.39, 0.29) is 23.7 Å². The highest BCUT2D eigenvalue weighted by atomic mass is 16.5. The number of allylic oxidation sites excluding steroid dienone is 1. The van der Waals surface area contributed by atoms with Crippen molar-refractivity contribution in [2.45, 2.75) is 12.3 Å². The summed E-state index contributed by atoms with van der Waals surface area (Å²) in [6.07, 6.45) is 1.63. The molecule has 0 saturated carbocycles. The monoisotopic (exact) mass is 474 g/mol. The van der Waals surface area contributed by atoms with E-state index in [9.17, 15) is 14.7 Å². The molecule has 0 aliphatic carbocycles. The number of rotatable bonds is 5. The third-order valence-corrected chi connectivity index (χ3v) is 6.07. The number of esters is 1. The van der Waals surface area contributed by atoms with Crippen molar-refractivity contribution in [1.29, 1.82) is 0 Å². The van der Waals surface area contributed by atoms with Crippen molar-refractivity contribution >= 4 is 17.8 Å². The summed E-state index contributed by atoms with van der Waals surface area (Å²) in [5, 5.41) is 9.99. The van der Waals surface area contributed by atoms with Gasteiger partial charge in [0.15, 0.2) is 17.3 Å². The minimum Gasteiger partial charge on any atom is -0.508 e. The molecule has 0 bridgehead atoms. The fourth-order valence-electron chi connectivity index (χ4n) is 4.51. The van der Waals surface area contributed by atoms with E-state index < -0.39 is 11.9 Å². The fraction of sp³-hybridized carbons (Fsp3) is 0.185. The number of phenolic OH excluding ortho intramolecular Hbond substituents is 1. The van der Waals surface area contributed by atoms with Gasteiger partial charge in [0.2, 0.25) is 11.5 Å². The van der Waals surface area contributed by atoms with Crippen LogP contribution in [-0.4, -0.2) is 38.2 Å². The summed E-state index contributed by atoms with van der Waals surface area (Å²) in [6.45, 7) is 0. The van der Waals surface area contributed by atoms with Crippen molar-refractivity contribution < 1.29 is 38.4 Å². The minimum absolute atomic E-state index is 0.0486. The number of benzene rings is 3. The van der Waals surface area contributed by atoms with E-state index in [1.807, 2.05) is 6.07 Å². The van der Waals surface area contributed by atoms with Crippen molar-refractivity contribution in [2.24, 2.45) is 0 Å². The molecule has 5 rings (SSSR count). The fourth-order valence-corrected chi connectivity index (χ4v) is 4.51. The molecule has 3 aromatic rings. The summed E-state index contributed by atoms with van der Waals surface area (Å²) < 4.78 is 27.8. The van der Waals surface area contributed by atoms with Crippen LogP contribution in [0.1, 0.15) is 39.4 Å². The molecule has 2 heterocycles. The van der Waals surface area contributed by atoms with Crippen molar-refractivity contribution in [1.82, 2.24) is 0 Å². The zero-order valence-electron chi connectivity index (χ0n) is 19.3. The van der Waals surface area contributed by atoms with E-state index in [0.717, 1.165) is 0 Å². The molecule has 178 valence electrons. The Bertz CT molecular complexity index is 1390. The van der Waals surface area contributed by atoms with Crippen LogP contribution in [0.4, 0.5) is 0 Å². The third kappa shape index (κ3) is 3.73. The second-order valence-electron chi connectivity index (χ2n) is 8.04. The van der Waals surface area contributed by atoms with E-state index in [1.54, 1.807) is 48.5 Å². The van der Waals surface area contributed by atoms with Gasteiger partial charge >= 0.3 is 5.97 Å². The summed E-state index contributed by atoms with van der Waals surface area (Å²) in [5.74, 6) is 0.923. The average Bonchev–Trinajstić information content (AvgIpc) is 3.17. The zero-order chi connectivity index (χ0) is 24.7. The quantitative estimate of drug-likeness (QED) is 0.328. The van der Waals surface area contributed by atoms with Gasteiger partial charge in [-0.05, 0) is 48.0 Å². The zero-order valence-corrected chi connectivity index (χ0v) is 19.3. The lowest BCUT2D eigenvalue weighted by Gasteiger charge is -2.26. The molecule has 0 spiro atoms. The number of hydrogen-bond acceptors (Lipinski definition) is 8. The molecule has 3 aromatic carbocycles. The molecule has 0 aromatic heterocycles. The summed E-state index contributed by atoms with van der Waals surface area (Å²) in [6, 6.07) is 13.3. The minimum atomic E-state index is -0.448. The Morgan fingerprint density at radius 1 is 0.943 bits per heavy atom. The van der Waals surface area contributed by atoms with E-state index in [4.69, 9.17) is 23.7 Å². The molecule has 8 heteroatoms. The number of ether oxygens (including phenoxy) is 5. The van der Waals surface area contributed by atoms with Crippen molar-refractivity contribution in [2.75, 3.05) is 21.3 Å². The molecular formula is C27H22O8. The van der Waals surface area contributed by atoms with Crippen LogP contribution in [0.25, 0.3) is 6.08 Å². The van der Waals surface area contributed by atoms with Crippen molar-refractivity contribution in [3.8, 4) is 34.5 Å². The Kier molecular flexibility index (Phi) is 5.56. The van der Waals surface area contributed by atoms with Gasteiger partial charge in [-0.25, -0.2) is 0 Å². The number of phenols is 1. The van der Waals surface area contributed by atoms with Crippen LogP contribution in [0.15, 0.2) is 54.3 Å². The maximum Gasteiger partial charge on any atom is 0.312 e. The lowest BCUT2D eigenvalue weighted by molar-refractivity contribution is -0.135. The maximum atomic E-state index is 13.3.